The molecule has 0 amide bonds. The van der Waals surface area contributed by atoms with Crippen molar-refractivity contribution in [3.63, 3.8) is 0 Å². The Morgan fingerprint density at radius 3 is 2.54 bits per heavy atom. The van der Waals surface area contributed by atoms with Gasteiger partial charge in [-0.15, -0.1) is 0 Å². The van der Waals surface area contributed by atoms with E-state index in [1.54, 1.807) is 32.8 Å². The van der Waals surface area contributed by atoms with Gasteiger partial charge < -0.3 is 14.3 Å². The first-order chi connectivity index (χ1) is 17.0. The Bertz CT molecular complexity index is 1200. The zero-order valence-corrected chi connectivity index (χ0v) is 22.3. The van der Waals surface area contributed by atoms with Gasteiger partial charge in [-0.2, -0.15) is 18.2 Å². The number of nitrogens with zero attached hydrogens (tertiary/aromatic N) is 3. The zero-order chi connectivity index (χ0) is 27.8. The standard InChI is InChI=1S/C27H35F3N4O3/c1-16(19-12-13-26(5,6)15-21(19)34(7)31)24-32-23(33-37-24)18-9-8-17(20(14-18)27(28,29)30)10-11-22(35)36-25(2,3)4/h8-9,14H,1,10-13,15,31H2,2-7H3. The lowest BCUT2D eigenvalue weighted by Gasteiger charge is -2.36. The van der Waals surface area contributed by atoms with Crippen molar-refractivity contribution in [2.75, 3.05) is 7.05 Å². The van der Waals surface area contributed by atoms with Gasteiger partial charge in [0.05, 0.1) is 5.56 Å². The van der Waals surface area contributed by atoms with Crippen LogP contribution in [0.2, 0.25) is 0 Å². The fourth-order valence-corrected chi connectivity index (χ4v) is 4.34. The van der Waals surface area contributed by atoms with Gasteiger partial charge in [0.15, 0.2) is 0 Å². The molecule has 1 aliphatic rings. The summed E-state index contributed by atoms with van der Waals surface area (Å²) in [6.07, 6.45) is -2.54. The first-order valence-corrected chi connectivity index (χ1v) is 12.1. The lowest BCUT2D eigenvalue weighted by molar-refractivity contribution is -0.155. The number of alkyl halides is 3. The summed E-state index contributed by atoms with van der Waals surface area (Å²) in [6.45, 7) is 13.5. The van der Waals surface area contributed by atoms with Crippen LogP contribution in [-0.4, -0.2) is 33.8 Å². The summed E-state index contributed by atoms with van der Waals surface area (Å²) in [7, 11) is 1.76. The Kier molecular flexibility index (Phi) is 7.93. The third-order valence-electron chi connectivity index (χ3n) is 6.21. The second-order valence-corrected chi connectivity index (χ2v) is 11.2. The Morgan fingerprint density at radius 1 is 1.27 bits per heavy atom. The van der Waals surface area contributed by atoms with Gasteiger partial charge >= 0.3 is 12.1 Å². The van der Waals surface area contributed by atoms with Crippen LogP contribution in [0.15, 0.2) is 40.6 Å². The van der Waals surface area contributed by atoms with Gasteiger partial charge in [0, 0.05) is 30.3 Å². The number of rotatable bonds is 7. The quantitative estimate of drug-likeness (QED) is 0.260. The minimum absolute atomic E-state index is 0.0131. The van der Waals surface area contributed by atoms with Gasteiger partial charge in [-0.1, -0.05) is 37.7 Å². The van der Waals surface area contributed by atoms with Crippen molar-refractivity contribution in [1.82, 2.24) is 15.1 Å². The molecule has 37 heavy (non-hydrogen) atoms. The number of nitrogens with two attached hydrogens (primary N) is 1. The number of aromatic nitrogens is 2. The second-order valence-electron chi connectivity index (χ2n) is 11.2. The van der Waals surface area contributed by atoms with Crippen LogP contribution in [0.25, 0.3) is 17.0 Å². The SMILES string of the molecule is C=C(C1=C(N(C)N)CC(C)(C)CC1)c1nc(-c2ccc(CCC(=O)OC(C)(C)C)c(C(F)(F)F)c2)no1. The molecule has 202 valence electrons. The molecule has 1 heterocycles. The Morgan fingerprint density at radius 2 is 1.95 bits per heavy atom. The van der Waals surface area contributed by atoms with Gasteiger partial charge in [-0.25, -0.2) is 5.84 Å². The summed E-state index contributed by atoms with van der Waals surface area (Å²) in [5, 5.41) is 5.47. The molecule has 2 aromatic rings. The largest absolute Gasteiger partial charge is 0.460 e. The monoisotopic (exact) mass is 520 g/mol. The van der Waals surface area contributed by atoms with Crippen molar-refractivity contribution in [1.29, 1.82) is 0 Å². The highest BCUT2D eigenvalue weighted by molar-refractivity contribution is 5.74. The van der Waals surface area contributed by atoms with Crippen molar-refractivity contribution >= 4 is 11.5 Å². The zero-order valence-electron chi connectivity index (χ0n) is 22.3. The van der Waals surface area contributed by atoms with Crippen molar-refractivity contribution in [3.8, 4) is 11.4 Å². The normalized spacial score (nSPS) is 16.1. The van der Waals surface area contributed by atoms with Crippen molar-refractivity contribution in [2.45, 2.75) is 78.5 Å². The van der Waals surface area contributed by atoms with Gasteiger partial charge in [0.25, 0.3) is 5.89 Å². The third kappa shape index (κ3) is 7.21. The van der Waals surface area contributed by atoms with Crippen LogP contribution in [0.1, 0.15) is 77.3 Å². The molecule has 0 atom stereocenters. The molecule has 10 heteroatoms. The Labute approximate surface area is 215 Å². The minimum Gasteiger partial charge on any atom is -0.460 e. The maximum atomic E-state index is 13.9. The van der Waals surface area contributed by atoms with E-state index < -0.39 is 23.3 Å². The summed E-state index contributed by atoms with van der Waals surface area (Å²) in [5.74, 6) is 5.65. The summed E-state index contributed by atoms with van der Waals surface area (Å²) in [5.41, 5.74) is 0.953. The molecule has 2 N–H and O–H groups in total. The smallest absolute Gasteiger partial charge is 0.416 e. The summed E-state index contributed by atoms with van der Waals surface area (Å²) in [4.78, 5) is 16.4. The van der Waals surface area contributed by atoms with Gasteiger partial charge in [-0.3, -0.25) is 4.79 Å². The van der Waals surface area contributed by atoms with Crippen LogP contribution in [0, 0.1) is 5.41 Å². The second kappa shape index (κ2) is 10.3. The van der Waals surface area contributed by atoms with E-state index in [9.17, 15) is 18.0 Å². The van der Waals surface area contributed by atoms with Crippen molar-refractivity contribution in [3.05, 3.63) is 53.1 Å². The third-order valence-corrected chi connectivity index (χ3v) is 6.21. The van der Waals surface area contributed by atoms with E-state index in [2.05, 4.69) is 30.6 Å². The van der Waals surface area contributed by atoms with Crippen molar-refractivity contribution in [2.24, 2.45) is 11.3 Å². The van der Waals surface area contributed by atoms with E-state index in [4.69, 9.17) is 15.1 Å². The molecule has 0 aliphatic heterocycles. The van der Waals surface area contributed by atoms with Crippen LogP contribution in [0.4, 0.5) is 13.2 Å². The highest BCUT2D eigenvalue weighted by Gasteiger charge is 2.35. The molecule has 1 aromatic heterocycles. The van der Waals surface area contributed by atoms with Crippen molar-refractivity contribution < 1.29 is 27.2 Å². The molecular formula is C27H35F3N4O3. The van der Waals surface area contributed by atoms with E-state index in [-0.39, 0.29) is 41.1 Å². The average Bonchev–Trinajstić information content (AvgIpc) is 3.25. The van der Waals surface area contributed by atoms with E-state index in [1.807, 2.05) is 0 Å². The van der Waals surface area contributed by atoms with Crippen LogP contribution < -0.4 is 5.84 Å². The Hall–Kier alpha value is -3.14. The van der Waals surface area contributed by atoms with Gasteiger partial charge in [0.1, 0.15) is 5.60 Å². The minimum atomic E-state index is -4.63. The molecule has 0 spiro atoms. The number of aryl methyl sites for hydroxylation is 1. The number of hydrazine groups is 1. The maximum absolute atomic E-state index is 13.9. The summed E-state index contributed by atoms with van der Waals surface area (Å²) < 4.78 is 52.3. The van der Waals surface area contributed by atoms with Crippen LogP contribution in [0.3, 0.4) is 0 Å². The average molecular weight is 521 g/mol. The number of halogens is 3. The molecule has 0 radical (unpaired) electrons. The molecule has 3 rings (SSSR count). The Balaban J connectivity index is 1.87. The molecule has 7 nitrogen and oxygen atoms in total. The summed E-state index contributed by atoms with van der Waals surface area (Å²) >= 11 is 0. The van der Waals surface area contributed by atoms with Gasteiger partial charge in [0.2, 0.25) is 5.82 Å². The number of hydrogen-bond donors (Lipinski definition) is 1. The number of esters is 1. The van der Waals surface area contributed by atoms with E-state index >= 15 is 0 Å². The number of carbonyl (C=O) groups excluding carboxylic acids is 1. The molecule has 0 saturated carbocycles. The summed E-state index contributed by atoms with van der Waals surface area (Å²) in [6, 6.07) is 3.79. The van der Waals surface area contributed by atoms with E-state index in [0.29, 0.717) is 12.0 Å². The lowest BCUT2D eigenvalue weighted by atomic mass is 9.75. The molecule has 1 aliphatic carbocycles. The molecule has 0 saturated heterocycles. The van der Waals surface area contributed by atoms with Crippen LogP contribution >= 0.6 is 0 Å². The molecule has 1 aromatic carbocycles. The maximum Gasteiger partial charge on any atom is 0.416 e. The fourth-order valence-electron chi connectivity index (χ4n) is 4.34. The number of hydrogen-bond acceptors (Lipinski definition) is 7. The van der Waals surface area contributed by atoms with E-state index in [0.717, 1.165) is 30.2 Å². The number of allylic oxidation sites excluding steroid dienone is 3. The first kappa shape index (κ1) is 28.4. The predicted molar refractivity (Wildman–Crippen MR) is 135 cm³/mol. The van der Waals surface area contributed by atoms with E-state index in [1.165, 1.54) is 12.1 Å². The predicted octanol–water partition coefficient (Wildman–Crippen LogP) is 6.31. The molecular weight excluding hydrogens is 485 g/mol. The van der Waals surface area contributed by atoms with Gasteiger partial charge in [-0.05, 0) is 69.1 Å². The van der Waals surface area contributed by atoms with Crippen LogP contribution in [-0.2, 0) is 22.1 Å². The number of carbonyl (C=O) groups is 1. The highest BCUT2D eigenvalue weighted by atomic mass is 19.4. The highest BCUT2D eigenvalue weighted by Crippen LogP contribution is 2.43. The molecule has 0 fully saturated rings. The first-order valence-electron chi connectivity index (χ1n) is 12.1. The number of ether oxygens (including phenoxy) is 1. The van der Waals surface area contributed by atoms with Crippen LogP contribution in [0.5, 0.6) is 0 Å². The molecule has 0 unspecified atom stereocenters. The lowest BCUT2D eigenvalue weighted by Crippen LogP contribution is -2.32. The fraction of sp³-hybridized carbons (Fsp3) is 0.519. The topological polar surface area (TPSA) is 94.5 Å². The molecule has 0 bridgehead atoms. The number of benzene rings is 1.